The number of hydrogen-bond acceptors (Lipinski definition) is 5. The number of fused-ring (bicyclic) bond motifs is 3. The highest BCUT2D eigenvalue weighted by molar-refractivity contribution is 9.10. The number of ether oxygens (including phenoxy) is 2. The zero-order valence-electron chi connectivity index (χ0n) is 13.6. The Morgan fingerprint density at radius 1 is 1.33 bits per heavy atom. The fourth-order valence-corrected chi connectivity index (χ4v) is 4.58. The average molecular weight is 395 g/mol. The van der Waals surface area contributed by atoms with E-state index >= 15 is 0 Å². The van der Waals surface area contributed by atoms with E-state index < -0.39 is 5.92 Å². The van der Waals surface area contributed by atoms with Crippen molar-refractivity contribution in [1.82, 2.24) is 0 Å². The molecule has 0 unspecified atom stereocenters. The second-order valence-electron chi connectivity index (χ2n) is 6.27. The summed E-state index contributed by atoms with van der Waals surface area (Å²) < 4.78 is 11.1. The Morgan fingerprint density at radius 2 is 2.08 bits per heavy atom. The molecule has 2 aliphatic carbocycles. The van der Waals surface area contributed by atoms with Crippen molar-refractivity contribution in [2.75, 3.05) is 13.7 Å². The quantitative estimate of drug-likeness (QED) is 0.578. The molecule has 0 aliphatic heterocycles. The highest BCUT2D eigenvalue weighted by Crippen LogP contribution is 2.52. The van der Waals surface area contributed by atoms with E-state index in [2.05, 4.69) is 15.9 Å². The number of carbonyl (C=O) groups excluding carboxylic acids is 3. The SMILES string of the molecule is CCOC(=O)C[C@@H]1CC(=O)[C@@H]2C(=O)c3c(OC)ccc(Br)c3[C@H]2C1. The summed E-state index contributed by atoms with van der Waals surface area (Å²) in [5.41, 5.74) is 1.35. The largest absolute Gasteiger partial charge is 0.496 e. The lowest BCUT2D eigenvalue weighted by Crippen LogP contribution is -2.33. The van der Waals surface area contributed by atoms with E-state index in [1.165, 1.54) is 7.11 Å². The molecule has 3 rings (SSSR count). The number of hydrogen-bond donors (Lipinski definition) is 0. The minimum absolute atomic E-state index is 0.0873. The molecule has 0 heterocycles. The van der Waals surface area contributed by atoms with Crippen LogP contribution in [0.15, 0.2) is 16.6 Å². The van der Waals surface area contributed by atoms with Crippen LogP contribution in [0, 0.1) is 11.8 Å². The molecule has 0 N–H and O–H groups in total. The lowest BCUT2D eigenvalue weighted by Gasteiger charge is -2.30. The second-order valence-corrected chi connectivity index (χ2v) is 7.12. The Hall–Kier alpha value is -1.69. The molecule has 6 heteroatoms. The molecule has 1 aromatic rings. The van der Waals surface area contributed by atoms with Gasteiger partial charge in [0.15, 0.2) is 5.78 Å². The van der Waals surface area contributed by atoms with Gasteiger partial charge in [-0.15, -0.1) is 0 Å². The van der Waals surface area contributed by atoms with Crippen LogP contribution in [0.3, 0.4) is 0 Å². The maximum Gasteiger partial charge on any atom is 0.306 e. The van der Waals surface area contributed by atoms with E-state index in [0.717, 1.165) is 10.0 Å². The first-order chi connectivity index (χ1) is 11.5. The summed E-state index contributed by atoms with van der Waals surface area (Å²) in [6, 6.07) is 3.57. The second kappa shape index (κ2) is 6.67. The molecule has 0 aromatic heterocycles. The average Bonchev–Trinajstić information content (AvgIpc) is 2.83. The summed E-state index contributed by atoms with van der Waals surface area (Å²) in [7, 11) is 1.52. The van der Waals surface area contributed by atoms with Crippen LogP contribution >= 0.6 is 15.9 Å². The van der Waals surface area contributed by atoms with Crippen molar-refractivity contribution in [2.24, 2.45) is 11.8 Å². The van der Waals surface area contributed by atoms with Gasteiger partial charge in [-0.05, 0) is 37.0 Å². The van der Waals surface area contributed by atoms with Gasteiger partial charge in [-0.1, -0.05) is 15.9 Å². The van der Waals surface area contributed by atoms with Gasteiger partial charge in [-0.25, -0.2) is 0 Å². The van der Waals surface area contributed by atoms with Crippen molar-refractivity contribution in [3.63, 3.8) is 0 Å². The molecule has 0 spiro atoms. The van der Waals surface area contributed by atoms with E-state index in [1.807, 2.05) is 6.07 Å². The molecular weight excluding hydrogens is 376 g/mol. The molecular formula is C18H19BrO5. The van der Waals surface area contributed by atoms with Gasteiger partial charge in [0.2, 0.25) is 0 Å². The van der Waals surface area contributed by atoms with Crippen LogP contribution in [-0.4, -0.2) is 31.3 Å². The molecule has 0 saturated heterocycles. The fraction of sp³-hybridized carbons (Fsp3) is 0.500. The maximum atomic E-state index is 12.8. The summed E-state index contributed by atoms with van der Waals surface area (Å²) in [5, 5.41) is 0. The molecule has 1 fully saturated rings. The number of halogens is 1. The minimum Gasteiger partial charge on any atom is -0.496 e. The van der Waals surface area contributed by atoms with Crippen molar-refractivity contribution >= 4 is 33.5 Å². The van der Waals surface area contributed by atoms with Crippen LogP contribution in [0.25, 0.3) is 0 Å². The number of Topliss-reactive ketones (excluding diaryl/α,β-unsaturated/α-hetero) is 2. The Kier molecular flexibility index (Phi) is 4.76. The van der Waals surface area contributed by atoms with Crippen LogP contribution in [0.1, 0.15) is 48.0 Å². The van der Waals surface area contributed by atoms with Crippen LogP contribution in [0.5, 0.6) is 5.75 Å². The van der Waals surface area contributed by atoms with Crippen LogP contribution in [0.4, 0.5) is 0 Å². The Balaban J connectivity index is 1.94. The third kappa shape index (κ3) is 2.77. The monoisotopic (exact) mass is 394 g/mol. The molecule has 24 heavy (non-hydrogen) atoms. The first-order valence-electron chi connectivity index (χ1n) is 8.06. The highest BCUT2D eigenvalue weighted by Gasteiger charge is 2.50. The molecule has 0 radical (unpaired) electrons. The van der Waals surface area contributed by atoms with Crippen molar-refractivity contribution in [3.8, 4) is 5.75 Å². The Bertz CT molecular complexity index is 712. The number of esters is 1. The van der Waals surface area contributed by atoms with Crippen molar-refractivity contribution < 1.29 is 23.9 Å². The first kappa shape index (κ1) is 17.1. The van der Waals surface area contributed by atoms with Crippen LogP contribution in [-0.2, 0) is 14.3 Å². The summed E-state index contributed by atoms with van der Waals surface area (Å²) in [6.07, 6.45) is 1.09. The third-order valence-corrected chi connectivity index (χ3v) is 5.55. The molecule has 5 nitrogen and oxygen atoms in total. The highest BCUT2D eigenvalue weighted by atomic mass is 79.9. The Morgan fingerprint density at radius 3 is 2.75 bits per heavy atom. The summed E-state index contributed by atoms with van der Waals surface area (Å²) in [4.78, 5) is 37.1. The zero-order valence-corrected chi connectivity index (χ0v) is 15.2. The van der Waals surface area contributed by atoms with Gasteiger partial charge in [0, 0.05) is 23.2 Å². The molecule has 1 saturated carbocycles. The van der Waals surface area contributed by atoms with Crippen molar-refractivity contribution in [1.29, 1.82) is 0 Å². The van der Waals surface area contributed by atoms with E-state index in [1.54, 1.807) is 13.0 Å². The van der Waals surface area contributed by atoms with E-state index in [4.69, 9.17) is 9.47 Å². The predicted octanol–water partition coefficient (Wildman–Crippen LogP) is 3.29. The molecule has 128 valence electrons. The van der Waals surface area contributed by atoms with Gasteiger partial charge in [0.05, 0.1) is 25.2 Å². The number of benzene rings is 1. The van der Waals surface area contributed by atoms with Gasteiger partial charge < -0.3 is 9.47 Å². The number of rotatable bonds is 4. The first-order valence-corrected chi connectivity index (χ1v) is 8.86. The maximum absolute atomic E-state index is 12.8. The van der Waals surface area contributed by atoms with Gasteiger partial charge in [-0.2, -0.15) is 0 Å². The summed E-state index contributed by atoms with van der Waals surface area (Å²) in [6.45, 7) is 2.09. The third-order valence-electron chi connectivity index (χ3n) is 4.86. The predicted molar refractivity (Wildman–Crippen MR) is 90.2 cm³/mol. The van der Waals surface area contributed by atoms with Crippen LogP contribution in [0.2, 0.25) is 0 Å². The standard InChI is InChI=1S/C18H19BrO5/c1-3-24-14(21)8-9-6-10-15-11(19)4-5-13(23-2)17(15)18(22)16(10)12(20)7-9/h4-5,9-10,16H,3,6-8H2,1-2H3/t9-,10+,16+/m0/s1. The topological polar surface area (TPSA) is 69.7 Å². The molecule has 0 bridgehead atoms. The van der Waals surface area contributed by atoms with E-state index in [9.17, 15) is 14.4 Å². The summed E-state index contributed by atoms with van der Waals surface area (Å²) >= 11 is 3.51. The number of methoxy groups -OCH3 is 1. The molecule has 3 atom stereocenters. The van der Waals surface area contributed by atoms with Crippen LogP contribution < -0.4 is 4.74 Å². The lowest BCUT2D eigenvalue weighted by atomic mass is 9.72. The fourth-order valence-electron chi connectivity index (χ4n) is 3.96. The molecule has 2 aliphatic rings. The van der Waals surface area contributed by atoms with E-state index in [0.29, 0.717) is 24.3 Å². The Labute approximate surface area is 148 Å². The number of ketones is 2. The smallest absolute Gasteiger partial charge is 0.306 e. The van der Waals surface area contributed by atoms with Gasteiger partial charge >= 0.3 is 5.97 Å². The van der Waals surface area contributed by atoms with E-state index in [-0.39, 0.29) is 42.2 Å². The number of carbonyl (C=O) groups is 3. The normalized spacial score (nSPS) is 25.2. The zero-order chi connectivity index (χ0) is 17.4. The molecule has 1 aromatic carbocycles. The van der Waals surface area contributed by atoms with Crippen molar-refractivity contribution in [3.05, 3.63) is 27.7 Å². The lowest BCUT2D eigenvalue weighted by molar-refractivity contribution is -0.144. The van der Waals surface area contributed by atoms with Gasteiger partial charge in [0.1, 0.15) is 11.5 Å². The minimum atomic E-state index is -0.647. The van der Waals surface area contributed by atoms with Gasteiger partial charge in [0.25, 0.3) is 0 Å². The van der Waals surface area contributed by atoms with Gasteiger partial charge in [-0.3, -0.25) is 14.4 Å². The molecule has 0 amide bonds. The van der Waals surface area contributed by atoms with Crippen molar-refractivity contribution in [2.45, 2.75) is 32.1 Å². The summed E-state index contributed by atoms with van der Waals surface area (Å²) in [5.74, 6) is -0.966.